The molecule has 0 saturated heterocycles. The molecule has 3 aromatic rings. The average Bonchev–Trinajstić information content (AvgIpc) is 2.56. The van der Waals surface area contributed by atoms with E-state index in [1.807, 2.05) is 13.0 Å². The summed E-state index contributed by atoms with van der Waals surface area (Å²) in [7, 11) is -3.62. The van der Waals surface area contributed by atoms with Gasteiger partial charge < -0.3 is 0 Å². The minimum absolute atomic E-state index is 0.226. The maximum absolute atomic E-state index is 12.4. The summed E-state index contributed by atoms with van der Waals surface area (Å²) in [5, 5.41) is 0. The molecule has 0 aliphatic heterocycles. The van der Waals surface area contributed by atoms with Gasteiger partial charge in [-0.2, -0.15) is 0 Å². The maximum atomic E-state index is 12.4. The Bertz CT molecular complexity index is 908. The van der Waals surface area contributed by atoms with E-state index >= 15 is 0 Å². The quantitative estimate of drug-likeness (QED) is 0.799. The largest absolute Gasteiger partial charge is 0.280 e. The molecular formula is C17H15N3O2S. The molecule has 0 spiro atoms. The maximum Gasteiger partial charge on any atom is 0.261 e. The molecule has 0 amide bonds. The lowest BCUT2D eigenvalue weighted by Crippen LogP contribution is -2.12. The van der Waals surface area contributed by atoms with Crippen LogP contribution in [0.4, 0.5) is 5.69 Å². The van der Waals surface area contributed by atoms with Gasteiger partial charge in [0.1, 0.15) is 0 Å². The van der Waals surface area contributed by atoms with Crippen LogP contribution in [0.15, 0.2) is 71.9 Å². The van der Waals surface area contributed by atoms with Crippen molar-refractivity contribution in [2.45, 2.75) is 11.8 Å². The van der Waals surface area contributed by atoms with Gasteiger partial charge >= 0.3 is 0 Å². The number of aryl methyl sites for hydroxylation is 1. The summed E-state index contributed by atoms with van der Waals surface area (Å²) in [6.07, 6.45) is 3.29. The predicted octanol–water partition coefficient (Wildman–Crippen LogP) is 3.25. The van der Waals surface area contributed by atoms with Gasteiger partial charge in [-0.25, -0.2) is 18.4 Å². The Morgan fingerprint density at radius 3 is 2.30 bits per heavy atom. The van der Waals surface area contributed by atoms with Crippen molar-refractivity contribution in [3.8, 4) is 11.4 Å². The molecule has 1 heterocycles. The Kier molecular flexibility index (Phi) is 4.08. The highest BCUT2D eigenvalue weighted by atomic mass is 32.2. The van der Waals surface area contributed by atoms with Crippen molar-refractivity contribution in [2.24, 2.45) is 0 Å². The SMILES string of the molecule is Cc1ccc(S(=O)(=O)Nc2cccc(-c3ncccn3)c2)cc1. The summed E-state index contributed by atoms with van der Waals surface area (Å²) in [4.78, 5) is 8.56. The van der Waals surface area contributed by atoms with Gasteiger partial charge in [-0.15, -0.1) is 0 Å². The molecule has 23 heavy (non-hydrogen) atoms. The summed E-state index contributed by atoms with van der Waals surface area (Å²) < 4.78 is 27.4. The van der Waals surface area contributed by atoms with Crippen molar-refractivity contribution in [3.63, 3.8) is 0 Å². The summed E-state index contributed by atoms with van der Waals surface area (Å²) in [5.41, 5.74) is 2.22. The third kappa shape index (κ3) is 3.54. The van der Waals surface area contributed by atoms with Crippen LogP contribution in [0, 0.1) is 6.92 Å². The van der Waals surface area contributed by atoms with Gasteiger partial charge in [0.15, 0.2) is 5.82 Å². The van der Waals surface area contributed by atoms with Crippen LogP contribution in [-0.4, -0.2) is 18.4 Å². The monoisotopic (exact) mass is 325 g/mol. The molecule has 0 aliphatic carbocycles. The van der Waals surface area contributed by atoms with Gasteiger partial charge in [0, 0.05) is 23.6 Å². The normalized spacial score (nSPS) is 11.2. The number of hydrogen-bond donors (Lipinski definition) is 1. The first-order valence-corrected chi connectivity index (χ1v) is 8.50. The highest BCUT2D eigenvalue weighted by molar-refractivity contribution is 7.92. The Hall–Kier alpha value is -2.73. The molecule has 6 heteroatoms. The van der Waals surface area contributed by atoms with Crippen LogP contribution >= 0.6 is 0 Å². The minimum atomic E-state index is -3.62. The molecule has 0 fully saturated rings. The van der Waals surface area contributed by atoms with Crippen LogP contribution in [0.5, 0.6) is 0 Å². The molecule has 3 rings (SSSR count). The zero-order valence-corrected chi connectivity index (χ0v) is 13.3. The zero-order chi connectivity index (χ0) is 16.3. The van der Waals surface area contributed by atoms with E-state index in [-0.39, 0.29) is 4.90 Å². The van der Waals surface area contributed by atoms with E-state index in [0.29, 0.717) is 11.5 Å². The molecule has 5 nitrogen and oxygen atoms in total. The second kappa shape index (κ2) is 6.18. The highest BCUT2D eigenvalue weighted by Crippen LogP contribution is 2.21. The molecule has 1 aromatic heterocycles. The molecule has 2 aromatic carbocycles. The molecule has 0 saturated carbocycles. The van der Waals surface area contributed by atoms with Crippen LogP contribution in [0.1, 0.15) is 5.56 Å². The molecule has 0 aliphatic rings. The van der Waals surface area contributed by atoms with Crippen molar-refractivity contribution < 1.29 is 8.42 Å². The van der Waals surface area contributed by atoms with E-state index in [1.165, 1.54) is 0 Å². The Morgan fingerprint density at radius 1 is 0.913 bits per heavy atom. The van der Waals surface area contributed by atoms with Crippen molar-refractivity contribution in [1.82, 2.24) is 9.97 Å². The number of benzene rings is 2. The summed E-state index contributed by atoms with van der Waals surface area (Å²) in [6, 6.07) is 15.4. The van der Waals surface area contributed by atoms with Crippen LogP contribution in [0.3, 0.4) is 0 Å². The number of rotatable bonds is 4. The fourth-order valence-electron chi connectivity index (χ4n) is 2.10. The van der Waals surface area contributed by atoms with Gasteiger partial charge in [0.25, 0.3) is 10.0 Å². The Morgan fingerprint density at radius 2 is 1.61 bits per heavy atom. The lowest BCUT2D eigenvalue weighted by Gasteiger charge is -2.09. The van der Waals surface area contributed by atoms with Gasteiger partial charge in [0.05, 0.1) is 4.90 Å². The number of aromatic nitrogens is 2. The van der Waals surface area contributed by atoms with Crippen molar-refractivity contribution in [1.29, 1.82) is 0 Å². The van der Waals surface area contributed by atoms with E-state index in [4.69, 9.17) is 0 Å². The minimum Gasteiger partial charge on any atom is -0.280 e. The molecule has 0 atom stereocenters. The summed E-state index contributed by atoms with van der Waals surface area (Å²) >= 11 is 0. The fraction of sp³-hybridized carbons (Fsp3) is 0.0588. The zero-order valence-electron chi connectivity index (χ0n) is 12.5. The fourth-order valence-corrected chi connectivity index (χ4v) is 3.15. The van der Waals surface area contributed by atoms with E-state index in [1.54, 1.807) is 60.9 Å². The first-order valence-electron chi connectivity index (χ1n) is 7.01. The van der Waals surface area contributed by atoms with Crippen LogP contribution in [-0.2, 0) is 10.0 Å². The van der Waals surface area contributed by atoms with E-state index in [0.717, 1.165) is 11.1 Å². The smallest absolute Gasteiger partial charge is 0.261 e. The third-order valence-electron chi connectivity index (χ3n) is 3.27. The first kappa shape index (κ1) is 15.2. The van der Waals surface area contributed by atoms with Crippen LogP contribution in [0.25, 0.3) is 11.4 Å². The van der Waals surface area contributed by atoms with Crippen molar-refractivity contribution >= 4 is 15.7 Å². The number of hydrogen-bond acceptors (Lipinski definition) is 4. The molecule has 0 radical (unpaired) electrons. The van der Waals surface area contributed by atoms with Gasteiger partial charge in [-0.05, 0) is 37.3 Å². The lowest BCUT2D eigenvalue weighted by atomic mass is 10.2. The first-order chi connectivity index (χ1) is 11.0. The van der Waals surface area contributed by atoms with Crippen LogP contribution in [0.2, 0.25) is 0 Å². The number of nitrogens with zero attached hydrogens (tertiary/aromatic N) is 2. The summed E-state index contributed by atoms with van der Waals surface area (Å²) in [5.74, 6) is 0.545. The summed E-state index contributed by atoms with van der Waals surface area (Å²) in [6.45, 7) is 1.91. The molecule has 0 unspecified atom stereocenters. The van der Waals surface area contributed by atoms with Crippen LogP contribution < -0.4 is 4.72 Å². The second-order valence-corrected chi connectivity index (χ2v) is 6.75. The number of nitrogens with one attached hydrogen (secondary N) is 1. The number of anilines is 1. The van der Waals surface area contributed by atoms with Crippen molar-refractivity contribution in [3.05, 3.63) is 72.6 Å². The Labute approximate surface area is 135 Å². The molecular weight excluding hydrogens is 310 g/mol. The van der Waals surface area contributed by atoms with E-state index < -0.39 is 10.0 Å². The third-order valence-corrected chi connectivity index (χ3v) is 4.67. The average molecular weight is 325 g/mol. The second-order valence-electron chi connectivity index (χ2n) is 5.07. The van der Waals surface area contributed by atoms with Gasteiger partial charge in [-0.1, -0.05) is 29.8 Å². The van der Waals surface area contributed by atoms with E-state index in [2.05, 4.69) is 14.7 Å². The predicted molar refractivity (Wildman–Crippen MR) is 89.5 cm³/mol. The standard InChI is InChI=1S/C17H15N3O2S/c1-13-6-8-16(9-7-13)23(21,22)20-15-5-2-4-14(12-15)17-18-10-3-11-19-17/h2-12,20H,1H3. The highest BCUT2D eigenvalue weighted by Gasteiger charge is 2.14. The lowest BCUT2D eigenvalue weighted by molar-refractivity contribution is 0.601. The van der Waals surface area contributed by atoms with Gasteiger partial charge in [-0.3, -0.25) is 4.72 Å². The molecule has 0 bridgehead atoms. The van der Waals surface area contributed by atoms with Gasteiger partial charge in [0.2, 0.25) is 0 Å². The van der Waals surface area contributed by atoms with Crippen molar-refractivity contribution in [2.75, 3.05) is 4.72 Å². The molecule has 116 valence electrons. The molecule has 1 N–H and O–H groups in total. The number of sulfonamides is 1. The topological polar surface area (TPSA) is 72.0 Å². The van der Waals surface area contributed by atoms with E-state index in [9.17, 15) is 8.42 Å². The Balaban J connectivity index is 1.90.